The van der Waals surface area contributed by atoms with E-state index in [0.717, 1.165) is 6.07 Å². The van der Waals surface area contributed by atoms with E-state index in [4.69, 9.17) is 25.8 Å². The molecule has 1 N–H and O–H groups in total. The summed E-state index contributed by atoms with van der Waals surface area (Å²) in [7, 11) is 3.00. The molecule has 0 saturated heterocycles. The van der Waals surface area contributed by atoms with Gasteiger partial charge in [0.15, 0.2) is 6.10 Å². The Labute approximate surface area is 161 Å². The fourth-order valence-corrected chi connectivity index (χ4v) is 2.44. The highest BCUT2D eigenvalue weighted by molar-refractivity contribution is 6.31. The van der Waals surface area contributed by atoms with E-state index in [2.05, 4.69) is 5.32 Å². The van der Waals surface area contributed by atoms with E-state index in [1.165, 1.54) is 33.3 Å². The van der Waals surface area contributed by atoms with Crippen LogP contribution in [0.3, 0.4) is 0 Å². The van der Waals surface area contributed by atoms with Gasteiger partial charge in [0.25, 0.3) is 5.91 Å². The average molecular weight is 396 g/mol. The molecule has 0 spiro atoms. The van der Waals surface area contributed by atoms with Crippen LogP contribution in [0.25, 0.3) is 0 Å². The lowest BCUT2D eigenvalue weighted by molar-refractivity contribution is -0.152. The average Bonchev–Trinajstić information content (AvgIpc) is 2.64. The first-order valence-electron chi connectivity index (χ1n) is 8.00. The van der Waals surface area contributed by atoms with Crippen LogP contribution in [0.4, 0.5) is 10.1 Å². The molecule has 0 aliphatic rings. The predicted octanol–water partition coefficient (Wildman–Crippen LogP) is 3.61. The molecule has 1 atom stereocenters. The zero-order valence-electron chi connectivity index (χ0n) is 15.0. The number of amides is 1. The first-order valence-corrected chi connectivity index (χ1v) is 8.38. The Hall–Kier alpha value is -2.80. The molecule has 1 amide bonds. The maximum Gasteiger partial charge on any atom is 0.311 e. The Kier molecular flexibility index (Phi) is 7.01. The van der Waals surface area contributed by atoms with Crippen molar-refractivity contribution in [3.63, 3.8) is 0 Å². The van der Waals surface area contributed by atoms with Crippen LogP contribution in [-0.4, -0.2) is 32.2 Å². The third kappa shape index (κ3) is 5.59. The Morgan fingerprint density at radius 1 is 1.15 bits per heavy atom. The maximum atomic E-state index is 13.2. The number of halogens is 2. The van der Waals surface area contributed by atoms with E-state index in [1.807, 2.05) is 0 Å². The number of carbonyl (C=O) groups is 2. The van der Waals surface area contributed by atoms with Crippen LogP contribution in [0.2, 0.25) is 5.02 Å². The summed E-state index contributed by atoms with van der Waals surface area (Å²) >= 11 is 5.67. The summed E-state index contributed by atoms with van der Waals surface area (Å²) < 4.78 is 28.6. The van der Waals surface area contributed by atoms with Crippen molar-refractivity contribution in [2.45, 2.75) is 19.4 Å². The van der Waals surface area contributed by atoms with Gasteiger partial charge in [-0.15, -0.1) is 0 Å². The van der Waals surface area contributed by atoms with Gasteiger partial charge in [0.1, 0.15) is 17.3 Å². The number of benzene rings is 2. The van der Waals surface area contributed by atoms with Crippen molar-refractivity contribution >= 4 is 29.2 Å². The number of nitrogens with one attached hydrogen (secondary N) is 1. The van der Waals surface area contributed by atoms with E-state index in [0.29, 0.717) is 22.7 Å². The van der Waals surface area contributed by atoms with E-state index in [-0.39, 0.29) is 11.4 Å². The van der Waals surface area contributed by atoms with Gasteiger partial charge in [-0.1, -0.05) is 17.7 Å². The maximum absolute atomic E-state index is 13.2. The number of carbonyl (C=O) groups excluding carboxylic acids is 2. The van der Waals surface area contributed by atoms with Crippen LogP contribution in [0, 0.1) is 5.82 Å². The number of hydrogen-bond donors (Lipinski definition) is 1. The topological polar surface area (TPSA) is 73.9 Å². The lowest BCUT2D eigenvalue weighted by Gasteiger charge is -2.15. The predicted molar refractivity (Wildman–Crippen MR) is 98.8 cm³/mol. The molecule has 6 nitrogen and oxygen atoms in total. The van der Waals surface area contributed by atoms with E-state index in [9.17, 15) is 14.0 Å². The molecule has 8 heteroatoms. The summed E-state index contributed by atoms with van der Waals surface area (Å²) in [6.45, 7) is 1.43. The van der Waals surface area contributed by atoms with Crippen LogP contribution in [0.15, 0.2) is 36.4 Å². The summed E-state index contributed by atoms with van der Waals surface area (Å²) in [5.41, 5.74) is 0.896. The van der Waals surface area contributed by atoms with Gasteiger partial charge in [-0.25, -0.2) is 4.39 Å². The van der Waals surface area contributed by atoms with Gasteiger partial charge in [0, 0.05) is 17.3 Å². The summed E-state index contributed by atoms with van der Waals surface area (Å²) in [4.78, 5) is 24.3. The standard InChI is InChI=1S/C19H19ClFNO5/c1-11(19(24)22-13-5-7-16(21)15(20)9-13)27-18(23)8-12-4-6-14(25-2)10-17(12)26-3/h4-7,9-11H,8H2,1-3H3,(H,22,24)/t11-/m0/s1. The Balaban J connectivity index is 1.96. The van der Waals surface area contributed by atoms with Crippen LogP contribution < -0.4 is 14.8 Å². The molecule has 0 unspecified atom stereocenters. The first-order chi connectivity index (χ1) is 12.8. The normalized spacial score (nSPS) is 11.4. The second kappa shape index (κ2) is 9.23. The number of esters is 1. The van der Waals surface area contributed by atoms with Gasteiger partial charge in [0.05, 0.1) is 25.7 Å². The second-order valence-electron chi connectivity index (χ2n) is 5.60. The highest BCUT2D eigenvalue weighted by Gasteiger charge is 2.20. The van der Waals surface area contributed by atoms with Crippen molar-refractivity contribution in [2.24, 2.45) is 0 Å². The van der Waals surface area contributed by atoms with Gasteiger partial charge in [-0.05, 0) is 31.2 Å². The molecule has 0 aromatic heterocycles. The third-order valence-corrected chi connectivity index (χ3v) is 3.98. The van der Waals surface area contributed by atoms with Gasteiger partial charge in [-0.3, -0.25) is 9.59 Å². The van der Waals surface area contributed by atoms with Gasteiger partial charge >= 0.3 is 5.97 Å². The molecule has 2 rings (SSSR count). The molecule has 27 heavy (non-hydrogen) atoms. The smallest absolute Gasteiger partial charge is 0.311 e. The Morgan fingerprint density at radius 2 is 1.89 bits per heavy atom. The number of hydrogen-bond acceptors (Lipinski definition) is 5. The quantitative estimate of drug-likeness (QED) is 0.725. The monoisotopic (exact) mass is 395 g/mol. The molecule has 144 valence electrons. The van der Waals surface area contributed by atoms with Gasteiger partial charge in [-0.2, -0.15) is 0 Å². The van der Waals surface area contributed by atoms with Crippen molar-refractivity contribution < 1.29 is 28.2 Å². The molecule has 0 fully saturated rings. The van der Waals surface area contributed by atoms with Gasteiger partial charge < -0.3 is 19.5 Å². The van der Waals surface area contributed by atoms with Crippen LogP contribution in [0.5, 0.6) is 11.5 Å². The molecular weight excluding hydrogens is 377 g/mol. The van der Waals surface area contributed by atoms with Crippen molar-refractivity contribution in [1.82, 2.24) is 0 Å². The third-order valence-electron chi connectivity index (χ3n) is 3.69. The summed E-state index contributed by atoms with van der Waals surface area (Å²) in [6.07, 6.45) is -1.13. The Morgan fingerprint density at radius 3 is 2.52 bits per heavy atom. The molecule has 0 bridgehead atoms. The fraction of sp³-hybridized carbons (Fsp3) is 0.263. The van der Waals surface area contributed by atoms with Crippen molar-refractivity contribution in [1.29, 1.82) is 0 Å². The zero-order valence-corrected chi connectivity index (χ0v) is 15.8. The Bertz CT molecular complexity index is 843. The zero-order chi connectivity index (χ0) is 20.0. The van der Waals surface area contributed by atoms with E-state index < -0.39 is 23.8 Å². The summed E-state index contributed by atoms with van der Waals surface area (Å²) in [6, 6.07) is 8.78. The minimum atomic E-state index is -1.05. The lowest BCUT2D eigenvalue weighted by atomic mass is 10.1. The minimum absolute atomic E-state index is 0.0762. The van der Waals surface area contributed by atoms with Crippen molar-refractivity contribution in [3.8, 4) is 11.5 Å². The number of rotatable bonds is 7. The molecule has 0 radical (unpaired) electrons. The number of anilines is 1. The second-order valence-corrected chi connectivity index (χ2v) is 6.01. The summed E-state index contributed by atoms with van der Waals surface area (Å²) in [5.74, 6) is -0.687. The van der Waals surface area contributed by atoms with Crippen LogP contribution in [0.1, 0.15) is 12.5 Å². The first kappa shape index (κ1) is 20.5. The van der Waals surface area contributed by atoms with Crippen LogP contribution in [-0.2, 0) is 20.7 Å². The van der Waals surface area contributed by atoms with Crippen molar-refractivity contribution in [2.75, 3.05) is 19.5 Å². The molecule has 2 aromatic rings. The van der Waals surface area contributed by atoms with E-state index in [1.54, 1.807) is 18.2 Å². The van der Waals surface area contributed by atoms with Gasteiger partial charge in [0.2, 0.25) is 0 Å². The number of methoxy groups -OCH3 is 2. The molecule has 0 aliphatic carbocycles. The largest absolute Gasteiger partial charge is 0.497 e. The van der Waals surface area contributed by atoms with Crippen LogP contribution >= 0.6 is 11.6 Å². The highest BCUT2D eigenvalue weighted by Crippen LogP contribution is 2.25. The molecular formula is C19H19ClFNO5. The molecule has 2 aromatic carbocycles. The molecule has 0 saturated carbocycles. The van der Waals surface area contributed by atoms with Crippen molar-refractivity contribution in [3.05, 3.63) is 52.8 Å². The fourth-order valence-electron chi connectivity index (χ4n) is 2.26. The van der Waals surface area contributed by atoms with E-state index >= 15 is 0 Å². The SMILES string of the molecule is COc1ccc(CC(=O)O[C@@H](C)C(=O)Nc2ccc(F)c(Cl)c2)c(OC)c1. The number of ether oxygens (including phenoxy) is 3. The molecule has 0 aliphatic heterocycles. The molecule has 0 heterocycles. The lowest BCUT2D eigenvalue weighted by Crippen LogP contribution is -2.30. The summed E-state index contributed by atoms with van der Waals surface area (Å²) in [5, 5.41) is 2.39. The minimum Gasteiger partial charge on any atom is -0.497 e. The highest BCUT2D eigenvalue weighted by atomic mass is 35.5.